The highest BCUT2D eigenvalue weighted by molar-refractivity contribution is 5.71. The number of hydrogen-bond donors (Lipinski definition) is 1. The summed E-state index contributed by atoms with van der Waals surface area (Å²) in [6.07, 6.45) is 80.9. The molecular weight excluding hydrogens is 1030 g/mol. The van der Waals surface area contributed by atoms with Crippen LogP contribution in [0.3, 0.4) is 0 Å². The van der Waals surface area contributed by atoms with E-state index in [0.717, 1.165) is 51.4 Å². The fourth-order valence-electron chi connectivity index (χ4n) is 10.5. The monoisotopic (exact) mass is 1170 g/mol. The first-order valence-electron chi connectivity index (χ1n) is 35.8. The van der Waals surface area contributed by atoms with Crippen LogP contribution in [0, 0.1) is 0 Å². The molecule has 486 valence electrons. The molecule has 0 aromatic heterocycles. The summed E-state index contributed by atoms with van der Waals surface area (Å²) in [5.41, 5.74) is 0. The topological polar surface area (TPSA) is 108 Å². The maximum atomic E-state index is 12.9. The molecule has 0 aliphatic rings. The Kier molecular flexibility index (Phi) is 63.1. The molecule has 9 nitrogen and oxygen atoms in total. The van der Waals surface area contributed by atoms with E-state index < -0.39 is 18.4 Å². The molecule has 0 bridgehead atoms. The Morgan fingerprint density at radius 3 is 0.976 bits per heavy atom. The Balaban J connectivity index is 4.01. The van der Waals surface area contributed by atoms with Crippen molar-refractivity contribution in [1.29, 1.82) is 0 Å². The molecule has 9 heteroatoms. The second kappa shape index (κ2) is 65.2. The molecule has 2 atom stereocenters. The molecule has 0 aliphatic heterocycles. The van der Waals surface area contributed by atoms with E-state index in [1.807, 2.05) is 21.1 Å². The molecule has 2 unspecified atom stereocenters. The molecule has 1 N–H and O–H groups in total. The Labute approximate surface area is 514 Å². The van der Waals surface area contributed by atoms with E-state index in [-0.39, 0.29) is 38.2 Å². The van der Waals surface area contributed by atoms with E-state index >= 15 is 0 Å². The smallest absolute Gasteiger partial charge is 0.361 e. The van der Waals surface area contributed by atoms with Crippen molar-refractivity contribution < 1.29 is 42.9 Å². The number of carboxylic acid groups (broad SMARTS) is 1. The van der Waals surface area contributed by atoms with Gasteiger partial charge in [-0.25, -0.2) is 4.79 Å². The van der Waals surface area contributed by atoms with Gasteiger partial charge in [0.25, 0.3) is 6.29 Å². The number of carboxylic acids is 1. The molecule has 0 saturated carbocycles. The van der Waals surface area contributed by atoms with Crippen molar-refractivity contribution in [1.82, 2.24) is 0 Å². The van der Waals surface area contributed by atoms with E-state index in [1.165, 1.54) is 270 Å². The molecule has 83 heavy (non-hydrogen) atoms. The molecule has 0 fully saturated rings. The Hall–Kier alpha value is -2.75. The van der Waals surface area contributed by atoms with Crippen molar-refractivity contribution in [2.24, 2.45) is 0 Å². The van der Waals surface area contributed by atoms with Gasteiger partial charge in [-0.3, -0.25) is 9.59 Å². The number of likely N-dealkylation sites (N-methyl/N-ethyl adjacent to an activating group) is 1. The van der Waals surface area contributed by atoms with Gasteiger partial charge in [0.05, 0.1) is 34.4 Å². The molecule has 0 aliphatic carbocycles. The van der Waals surface area contributed by atoms with Crippen molar-refractivity contribution in [2.75, 3.05) is 47.5 Å². The van der Waals surface area contributed by atoms with Crippen LogP contribution in [0.15, 0.2) is 48.6 Å². The maximum absolute atomic E-state index is 12.9. The van der Waals surface area contributed by atoms with Gasteiger partial charge in [0.2, 0.25) is 0 Å². The van der Waals surface area contributed by atoms with E-state index in [4.69, 9.17) is 18.9 Å². The molecule has 0 aromatic rings. The number of hydrogen-bond acceptors (Lipinski definition) is 7. The first kappa shape index (κ1) is 80.2. The summed E-state index contributed by atoms with van der Waals surface area (Å²) in [6, 6.07) is 0. The third kappa shape index (κ3) is 66.6. The van der Waals surface area contributed by atoms with Crippen molar-refractivity contribution >= 4 is 17.9 Å². The van der Waals surface area contributed by atoms with Gasteiger partial charge in [0.1, 0.15) is 13.2 Å². The van der Waals surface area contributed by atoms with Gasteiger partial charge in [0.15, 0.2) is 6.10 Å². The quantitative estimate of drug-likeness (QED) is 0.0211. The summed E-state index contributed by atoms with van der Waals surface area (Å²) in [6.45, 7) is 4.92. The van der Waals surface area contributed by atoms with Crippen LogP contribution in [0.4, 0.5) is 0 Å². The minimum atomic E-state index is -1.51. The van der Waals surface area contributed by atoms with Gasteiger partial charge in [-0.2, -0.15) is 0 Å². The zero-order chi connectivity index (χ0) is 60.5. The number of carbonyl (C=O) groups excluding carboxylic acids is 2. The predicted octanol–water partition coefficient (Wildman–Crippen LogP) is 22.1. The summed E-state index contributed by atoms with van der Waals surface area (Å²) >= 11 is 0. The van der Waals surface area contributed by atoms with Gasteiger partial charge < -0.3 is 28.5 Å². The highest BCUT2D eigenvalue weighted by Gasteiger charge is 2.25. The summed E-state index contributed by atoms with van der Waals surface area (Å²) in [4.78, 5) is 37.6. The average molecular weight is 1170 g/mol. The van der Waals surface area contributed by atoms with Crippen molar-refractivity contribution in [3.8, 4) is 0 Å². The molecule has 0 aromatic carbocycles. The SMILES string of the molecule is CCCCCCC/C=C\C/C=C\C/C=C\CCCCCCCCCCCCCCCCCCCCCCCCC(=O)OC(COC(=O)CCCCCCCCCCC/C=C\CCCCCCCCCC)COC(OCC[N+](C)(C)C)C(=O)O. The minimum Gasteiger partial charge on any atom is -0.477 e. The highest BCUT2D eigenvalue weighted by atomic mass is 16.7. The molecule has 0 spiro atoms. The van der Waals surface area contributed by atoms with Crippen LogP contribution >= 0.6 is 0 Å². The number of unbranched alkanes of at least 4 members (excludes halogenated alkanes) is 44. The number of ether oxygens (including phenoxy) is 4. The van der Waals surface area contributed by atoms with Gasteiger partial charge in [0, 0.05) is 12.8 Å². The van der Waals surface area contributed by atoms with Crippen LogP contribution in [0.5, 0.6) is 0 Å². The minimum absolute atomic E-state index is 0.179. The number of aliphatic carboxylic acids is 1. The molecular formula is C74H138NO8+. The van der Waals surface area contributed by atoms with Crippen LogP contribution in [0.25, 0.3) is 0 Å². The molecule has 0 heterocycles. The number of allylic oxidation sites excluding steroid dienone is 8. The standard InChI is InChI=1S/C74H137NO8/c1-6-8-10-12-14-16-18-20-22-24-26-28-29-30-31-32-33-34-35-36-37-38-39-40-41-42-43-45-47-49-51-53-55-57-59-61-63-65-72(77)83-70(69-82-74(73(78)79)80-67-66-75(3,4)5)68-81-71(76)64-62-60-58-56-54-52-50-48-46-44-27-25-23-21-19-17-15-13-11-9-7-2/h18,20,24-27,29-30,70,74H,6-17,19,21-23,28,31-69H2,1-5H3/p+1/b20-18-,26-24-,27-25-,30-29-. The van der Waals surface area contributed by atoms with Crippen LogP contribution in [0.1, 0.15) is 348 Å². The van der Waals surface area contributed by atoms with Gasteiger partial charge >= 0.3 is 17.9 Å². The first-order chi connectivity index (χ1) is 40.6. The maximum Gasteiger partial charge on any atom is 0.361 e. The fourth-order valence-corrected chi connectivity index (χ4v) is 10.5. The third-order valence-electron chi connectivity index (χ3n) is 16.1. The van der Waals surface area contributed by atoms with E-state index in [2.05, 4.69) is 62.5 Å². The van der Waals surface area contributed by atoms with E-state index in [0.29, 0.717) is 17.4 Å². The van der Waals surface area contributed by atoms with Crippen LogP contribution < -0.4 is 0 Å². The molecule has 0 radical (unpaired) electrons. The first-order valence-corrected chi connectivity index (χ1v) is 35.8. The van der Waals surface area contributed by atoms with Gasteiger partial charge in [-0.05, 0) is 77.0 Å². The molecule has 0 amide bonds. The van der Waals surface area contributed by atoms with Crippen LogP contribution in [0.2, 0.25) is 0 Å². The zero-order valence-electron chi connectivity index (χ0n) is 55.6. The third-order valence-corrected chi connectivity index (χ3v) is 16.1. The van der Waals surface area contributed by atoms with Crippen molar-refractivity contribution in [3.63, 3.8) is 0 Å². The number of esters is 2. The summed E-state index contributed by atoms with van der Waals surface area (Å²) < 4.78 is 23.0. The lowest BCUT2D eigenvalue weighted by molar-refractivity contribution is -0.870. The molecule has 0 rings (SSSR count). The number of rotatable bonds is 67. The second-order valence-electron chi connectivity index (χ2n) is 25.5. The van der Waals surface area contributed by atoms with Crippen LogP contribution in [-0.2, 0) is 33.3 Å². The Morgan fingerprint density at radius 1 is 0.361 bits per heavy atom. The lowest BCUT2D eigenvalue weighted by Crippen LogP contribution is -2.40. The fraction of sp³-hybridized carbons (Fsp3) is 0.851. The van der Waals surface area contributed by atoms with Gasteiger partial charge in [-0.1, -0.05) is 306 Å². The second-order valence-corrected chi connectivity index (χ2v) is 25.5. The molecule has 0 saturated heterocycles. The van der Waals surface area contributed by atoms with Gasteiger partial charge in [-0.15, -0.1) is 0 Å². The van der Waals surface area contributed by atoms with Crippen LogP contribution in [-0.4, -0.2) is 87.4 Å². The Morgan fingerprint density at radius 2 is 0.651 bits per heavy atom. The lowest BCUT2D eigenvalue weighted by atomic mass is 10.0. The van der Waals surface area contributed by atoms with E-state index in [1.54, 1.807) is 0 Å². The highest BCUT2D eigenvalue weighted by Crippen LogP contribution is 2.18. The number of quaternary nitrogens is 1. The van der Waals surface area contributed by atoms with E-state index in [9.17, 15) is 19.5 Å². The predicted molar refractivity (Wildman–Crippen MR) is 355 cm³/mol. The summed E-state index contributed by atoms with van der Waals surface area (Å²) in [7, 11) is 5.99. The normalized spacial score (nSPS) is 12.9. The number of carbonyl (C=O) groups is 3. The largest absolute Gasteiger partial charge is 0.477 e. The Bertz CT molecular complexity index is 1500. The lowest BCUT2D eigenvalue weighted by Gasteiger charge is -2.25. The van der Waals surface area contributed by atoms with Crippen molar-refractivity contribution in [2.45, 2.75) is 360 Å². The summed E-state index contributed by atoms with van der Waals surface area (Å²) in [5.74, 6) is -1.98. The number of nitrogens with zero attached hydrogens (tertiary/aromatic N) is 1. The average Bonchev–Trinajstić information content (AvgIpc) is 3.46. The van der Waals surface area contributed by atoms with Crippen molar-refractivity contribution in [3.05, 3.63) is 48.6 Å². The zero-order valence-corrected chi connectivity index (χ0v) is 55.6. The summed E-state index contributed by atoms with van der Waals surface area (Å²) in [5, 5.41) is 9.74.